The lowest BCUT2D eigenvalue weighted by atomic mass is 10.1. The number of hydrogen-bond donors (Lipinski definition) is 1. The number of nitrogens with one attached hydrogen (secondary N) is 1. The van der Waals surface area contributed by atoms with Gasteiger partial charge in [0.2, 0.25) is 0 Å². The predicted octanol–water partition coefficient (Wildman–Crippen LogP) is 3.26. The molecule has 0 fully saturated rings. The third-order valence-corrected chi connectivity index (χ3v) is 2.34. The van der Waals surface area contributed by atoms with Crippen LogP contribution in [0.2, 0.25) is 0 Å². The average Bonchev–Trinajstić information content (AvgIpc) is 2.25. The van der Waals surface area contributed by atoms with Gasteiger partial charge in [-0.15, -0.1) is 0 Å². The molecule has 1 nitrogen and oxygen atoms in total. The number of hydrogen-bond acceptors (Lipinski definition) is 1. The fraction of sp³-hybridized carbons (Fsp3) is 0.429. The second-order valence-electron chi connectivity index (χ2n) is 4.06. The van der Waals surface area contributed by atoms with Gasteiger partial charge in [-0.1, -0.05) is 57.2 Å². The first-order valence-corrected chi connectivity index (χ1v) is 5.71. The first kappa shape index (κ1) is 12.0. The van der Waals surface area contributed by atoms with Crippen LogP contribution in [-0.4, -0.2) is 12.6 Å². The summed E-state index contributed by atoms with van der Waals surface area (Å²) in [6, 6.07) is 9.28. The first-order chi connectivity index (χ1) is 7.22. The standard InChI is InChI=1S/C14H21N/c1-4-13-7-9-14(10-8-13)6-5-11-15-12(2)3/h5-10,12,15H,4,11H2,1-3H3. The van der Waals surface area contributed by atoms with Crippen LogP contribution < -0.4 is 5.32 Å². The molecule has 0 atom stereocenters. The Balaban J connectivity index is 2.43. The van der Waals surface area contributed by atoms with Gasteiger partial charge in [-0.25, -0.2) is 0 Å². The summed E-state index contributed by atoms with van der Waals surface area (Å²) in [4.78, 5) is 0. The zero-order valence-electron chi connectivity index (χ0n) is 9.96. The summed E-state index contributed by atoms with van der Waals surface area (Å²) >= 11 is 0. The van der Waals surface area contributed by atoms with Crippen LogP contribution in [0.4, 0.5) is 0 Å². The topological polar surface area (TPSA) is 12.0 Å². The number of rotatable bonds is 5. The van der Waals surface area contributed by atoms with Crippen LogP contribution in [0, 0.1) is 0 Å². The lowest BCUT2D eigenvalue weighted by molar-refractivity contribution is 0.633. The van der Waals surface area contributed by atoms with E-state index in [0.29, 0.717) is 6.04 Å². The monoisotopic (exact) mass is 203 g/mol. The van der Waals surface area contributed by atoms with Crippen molar-refractivity contribution in [3.05, 3.63) is 41.5 Å². The third-order valence-electron chi connectivity index (χ3n) is 2.34. The van der Waals surface area contributed by atoms with Crippen LogP contribution in [0.15, 0.2) is 30.3 Å². The molecule has 0 saturated carbocycles. The van der Waals surface area contributed by atoms with Gasteiger partial charge in [0.1, 0.15) is 0 Å². The van der Waals surface area contributed by atoms with Crippen molar-refractivity contribution in [2.45, 2.75) is 33.2 Å². The molecule has 82 valence electrons. The first-order valence-electron chi connectivity index (χ1n) is 5.71. The van der Waals surface area contributed by atoms with Crippen LogP contribution in [0.5, 0.6) is 0 Å². The lowest BCUT2D eigenvalue weighted by Gasteiger charge is -2.03. The Morgan fingerprint density at radius 3 is 2.40 bits per heavy atom. The van der Waals surface area contributed by atoms with E-state index in [2.05, 4.69) is 62.5 Å². The molecule has 0 aliphatic rings. The van der Waals surface area contributed by atoms with E-state index in [4.69, 9.17) is 0 Å². The largest absolute Gasteiger partial charge is 0.311 e. The van der Waals surface area contributed by atoms with Crippen molar-refractivity contribution >= 4 is 6.08 Å². The van der Waals surface area contributed by atoms with Gasteiger partial charge >= 0.3 is 0 Å². The average molecular weight is 203 g/mol. The highest BCUT2D eigenvalue weighted by molar-refractivity contribution is 5.49. The Morgan fingerprint density at radius 2 is 1.87 bits per heavy atom. The molecular weight excluding hydrogens is 182 g/mol. The van der Waals surface area contributed by atoms with Crippen molar-refractivity contribution < 1.29 is 0 Å². The van der Waals surface area contributed by atoms with Crippen LogP contribution in [0.25, 0.3) is 6.08 Å². The molecule has 0 unspecified atom stereocenters. The van der Waals surface area contributed by atoms with Crippen LogP contribution in [0.3, 0.4) is 0 Å². The van der Waals surface area contributed by atoms with Crippen LogP contribution >= 0.6 is 0 Å². The molecule has 1 aromatic carbocycles. The van der Waals surface area contributed by atoms with Crippen molar-refractivity contribution in [1.82, 2.24) is 5.32 Å². The summed E-state index contributed by atoms with van der Waals surface area (Å²) < 4.78 is 0. The fourth-order valence-corrected chi connectivity index (χ4v) is 1.36. The summed E-state index contributed by atoms with van der Waals surface area (Å²) in [5.74, 6) is 0. The van der Waals surface area contributed by atoms with Crippen molar-refractivity contribution in [3.8, 4) is 0 Å². The van der Waals surface area contributed by atoms with Gasteiger partial charge in [0.05, 0.1) is 0 Å². The highest BCUT2D eigenvalue weighted by Crippen LogP contribution is 2.06. The smallest absolute Gasteiger partial charge is 0.0140 e. The zero-order valence-corrected chi connectivity index (χ0v) is 9.96. The normalized spacial score (nSPS) is 11.5. The number of aryl methyl sites for hydroxylation is 1. The minimum absolute atomic E-state index is 0.553. The second kappa shape index (κ2) is 6.41. The molecule has 1 heteroatoms. The van der Waals surface area contributed by atoms with Crippen molar-refractivity contribution in [3.63, 3.8) is 0 Å². The van der Waals surface area contributed by atoms with Gasteiger partial charge in [0.15, 0.2) is 0 Å². The van der Waals surface area contributed by atoms with E-state index in [1.54, 1.807) is 0 Å². The maximum absolute atomic E-state index is 3.35. The predicted molar refractivity (Wildman–Crippen MR) is 68.0 cm³/mol. The Morgan fingerprint density at radius 1 is 1.20 bits per heavy atom. The minimum atomic E-state index is 0.553. The third kappa shape index (κ3) is 4.80. The highest BCUT2D eigenvalue weighted by Gasteiger charge is 1.89. The summed E-state index contributed by atoms with van der Waals surface area (Å²) in [6.07, 6.45) is 5.44. The molecule has 15 heavy (non-hydrogen) atoms. The van der Waals surface area contributed by atoms with E-state index < -0.39 is 0 Å². The summed E-state index contributed by atoms with van der Waals surface area (Å²) in [7, 11) is 0. The highest BCUT2D eigenvalue weighted by atomic mass is 14.9. The molecule has 1 N–H and O–H groups in total. The van der Waals surface area contributed by atoms with E-state index in [9.17, 15) is 0 Å². The molecular formula is C14H21N. The van der Waals surface area contributed by atoms with Crippen LogP contribution in [-0.2, 0) is 6.42 Å². The maximum atomic E-state index is 3.35. The van der Waals surface area contributed by atoms with Gasteiger partial charge in [0.25, 0.3) is 0 Å². The molecule has 1 aromatic rings. The van der Waals surface area contributed by atoms with Gasteiger partial charge in [-0.05, 0) is 17.5 Å². The Bertz CT molecular complexity index is 296. The molecule has 0 aromatic heterocycles. The molecule has 0 spiro atoms. The lowest BCUT2D eigenvalue weighted by Crippen LogP contribution is -2.22. The Labute approximate surface area is 93.2 Å². The SMILES string of the molecule is CCc1ccc(C=CCNC(C)C)cc1. The van der Waals surface area contributed by atoms with E-state index in [1.165, 1.54) is 11.1 Å². The molecule has 1 rings (SSSR count). The van der Waals surface area contributed by atoms with Crippen molar-refractivity contribution in [2.24, 2.45) is 0 Å². The summed E-state index contributed by atoms with van der Waals surface area (Å²) in [5.41, 5.74) is 2.67. The van der Waals surface area contributed by atoms with Crippen molar-refractivity contribution in [2.75, 3.05) is 6.54 Å². The molecule has 0 saturated heterocycles. The van der Waals surface area contributed by atoms with Gasteiger partial charge in [-0.3, -0.25) is 0 Å². The molecule has 0 aliphatic carbocycles. The summed E-state index contributed by atoms with van der Waals surface area (Å²) in [6.45, 7) is 7.43. The minimum Gasteiger partial charge on any atom is -0.311 e. The second-order valence-corrected chi connectivity index (χ2v) is 4.06. The molecule has 0 aliphatic heterocycles. The van der Waals surface area contributed by atoms with E-state index >= 15 is 0 Å². The van der Waals surface area contributed by atoms with E-state index in [0.717, 1.165) is 13.0 Å². The van der Waals surface area contributed by atoms with Crippen molar-refractivity contribution in [1.29, 1.82) is 0 Å². The Kier molecular flexibility index (Phi) is 5.13. The molecule has 0 radical (unpaired) electrons. The fourth-order valence-electron chi connectivity index (χ4n) is 1.36. The molecule has 0 bridgehead atoms. The maximum Gasteiger partial charge on any atom is 0.0140 e. The van der Waals surface area contributed by atoms with Gasteiger partial charge in [-0.2, -0.15) is 0 Å². The zero-order chi connectivity index (χ0) is 11.1. The molecule has 0 amide bonds. The molecule has 0 heterocycles. The van der Waals surface area contributed by atoms with E-state index in [-0.39, 0.29) is 0 Å². The van der Waals surface area contributed by atoms with Crippen LogP contribution in [0.1, 0.15) is 31.9 Å². The Hall–Kier alpha value is -1.08. The van der Waals surface area contributed by atoms with Gasteiger partial charge < -0.3 is 5.32 Å². The van der Waals surface area contributed by atoms with E-state index in [1.807, 2.05) is 0 Å². The van der Waals surface area contributed by atoms with Gasteiger partial charge in [0, 0.05) is 12.6 Å². The quantitative estimate of drug-likeness (QED) is 0.774. The summed E-state index contributed by atoms with van der Waals surface area (Å²) in [5, 5.41) is 3.35. The number of benzene rings is 1.